The Balaban J connectivity index is 1.50. The summed E-state index contributed by atoms with van der Waals surface area (Å²) in [6.45, 7) is 0. The van der Waals surface area contributed by atoms with Gasteiger partial charge in [0.2, 0.25) is 0 Å². The van der Waals surface area contributed by atoms with Gasteiger partial charge < -0.3 is 15.4 Å². The second-order valence-electron chi connectivity index (χ2n) is 9.84. The molecule has 2 heterocycles. The molecule has 0 unspecified atom stereocenters. The molecule has 0 amide bonds. The van der Waals surface area contributed by atoms with E-state index in [0.29, 0.717) is 28.2 Å². The van der Waals surface area contributed by atoms with Crippen LogP contribution in [0.1, 0.15) is 31.2 Å². The van der Waals surface area contributed by atoms with Crippen LogP contribution < -0.4 is 5.32 Å². The summed E-state index contributed by atoms with van der Waals surface area (Å²) in [6.07, 6.45) is 5.24. The van der Waals surface area contributed by atoms with Gasteiger partial charge in [-0.25, -0.2) is 18.7 Å². The molecule has 0 spiro atoms. The fraction of sp³-hybridized carbons (Fsp3) is 0.286. The summed E-state index contributed by atoms with van der Waals surface area (Å²) in [4.78, 5) is 24.4. The number of hydrogen-bond acceptors (Lipinski definition) is 5. The number of H-pyrrole nitrogens is 1. The molecule has 3 N–H and O–H groups in total. The molecule has 3 aliphatic carbocycles. The lowest BCUT2D eigenvalue weighted by Crippen LogP contribution is -2.51. The van der Waals surface area contributed by atoms with Crippen molar-refractivity contribution in [3.05, 3.63) is 65.9 Å². The molecule has 3 aliphatic rings. The minimum Gasteiger partial charge on any atom is -0.481 e. The summed E-state index contributed by atoms with van der Waals surface area (Å²) in [5, 5.41) is 23.3. The number of hydrogen-bond donors (Lipinski definition) is 3. The van der Waals surface area contributed by atoms with E-state index < -0.39 is 23.5 Å². The second kappa shape index (κ2) is 8.96. The molecule has 0 saturated heterocycles. The predicted molar refractivity (Wildman–Crippen MR) is 133 cm³/mol. The third-order valence-electron chi connectivity index (χ3n) is 7.82. The first-order chi connectivity index (χ1) is 17.9. The standard InChI is InChI=1S/C28H23F2N5O2/c29-17-9-19-20(13-32-26(19)21(30)10-17)27-33-22(18-4-2-1-3-16(18)12-31)11-23(35-27)34-25-15-7-5-14(6-8-15)24(25)28(36)37/h1-4,9-11,13-15,24-25,32H,5-8H2,(H,36,37)(H,33,34,35)/t14?,15?,24-,25-/m1/s1. The van der Waals surface area contributed by atoms with Gasteiger partial charge in [-0.3, -0.25) is 4.79 Å². The summed E-state index contributed by atoms with van der Waals surface area (Å²) < 4.78 is 28.5. The number of fused-ring (bicyclic) bond motifs is 4. The van der Waals surface area contributed by atoms with Crippen LogP contribution in [0.2, 0.25) is 0 Å². The lowest BCUT2D eigenvalue weighted by molar-refractivity contribution is -0.148. The van der Waals surface area contributed by atoms with Crippen molar-refractivity contribution in [2.45, 2.75) is 31.7 Å². The average molecular weight is 500 g/mol. The van der Waals surface area contributed by atoms with Crippen molar-refractivity contribution in [3.63, 3.8) is 0 Å². The second-order valence-corrected chi connectivity index (χ2v) is 9.84. The molecular formula is C28H23F2N5O2. The normalized spacial score (nSPS) is 22.6. The van der Waals surface area contributed by atoms with E-state index in [1.54, 1.807) is 30.3 Å². The zero-order chi connectivity index (χ0) is 25.7. The van der Waals surface area contributed by atoms with Crippen molar-refractivity contribution >= 4 is 22.7 Å². The molecule has 2 atom stereocenters. The zero-order valence-corrected chi connectivity index (χ0v) is 19.7. The SMILES string of the molecule is N#Cc1ccccc1-c1cc(N[C@@H]2C3CCC(CC3)[C@H]2C(=O)O)nc(-c2c[nH]c3c(F)cc(F)cc23)n1. The van der Waals surface area contributed by atoms with Gasteiger partial charge in [0.05, 0.1) is 28.8 Å². The number of halogens is 2. The molecule has 37 heavy (non-hydrogen) atoms. The molecule has 3 fully saturated rings. The Morgan fingerprint density at radius 1 is 1.05 bits per heavy atom. The third-order valence-corrected chi connectivity index (χ3v) is 7.82. The van der Waals surface area contributed by atoms with Gasteiger partial charge in [-0.15, -0.1) is 0 Å². The number of carboxylic acid groups (broad SMARTS) is 1. The molecular weight excluding hydrogens is 476 g/mol. The van der Waals surface area contributed by atoms with E-state index in [0.717, 1.165) is 31.7 Å². The van der Waals surface area contributed by atoms with Crippen molar-refractivity contribution in [1.82, 2.24) is 15.0 Å². The number of carboxylic acids is 1. The van der Waals surface area contributed by atoms with E-state index in [4.69, 9.17) is 0 Å². The first-order valence-corrected chi connectivity index (χ1v) is 12.3. The Kier molecular flexibility index (Phi) is 5.60. The topological polar surface area (TPSA) is 115 Å². The van der Waals surface area contributed by atoms with Gasteiger partial charge in [0.15, 0.2) is 5.82 Å². The number of nitrogens with one attached hydrogen (secondary N) is 2. The number of aliphatic carboxylic acids is 1. The highest BCUT2D eigenvalue weighted by molar-refractivity contribution is 5.94. The highest BCUT2D eigenvalue weighted by Gasteiger charge is 2.47. The molecule has 2 bridgehead atoms. The average Bonchev–Trinajstić information content (AvgIpc) is 3.33. The monoisotopic (exact) mass is 499 g/mol. The maximum absolute atomic E-state index is 14.4. The number of rotatable bonds is 5. The Morgan fingerprint density at radius 2 is 1.81 bits per heavy atom. The minimum absolute atomic E-state index is 0.111. The lowest BCUT2D eigenvalue weighted by Gasteiger charge is -2.47. The van der Waals surface area contributed by atoms with Crippen LogP contribution in [0.15, 0.2) is 48.7 Å². The van der Waals surface area contributed by atoms with Crippen LogP contribution in [0.5, 0.6) is 0 Å². The van der Waals surface area contributed by atoms with Crippen molar-refractivity contribution in [1.29, 1.82) is 5.26 Å². The van der Waals surface area contributed by atoms with E-state index in [1.165, 1.54) is 12.3 Å². The summed E-state index contributed by atoms with van der Waals surface area (Å²) in [5.74, 6) is -1.88. The van der Waals surface area contributed by atoms with Gasteiger partial charge >= 0.3 is 5.97 Å². The van der Waals surface area contributed by atoms with Crippen molar-refractivity contribution in [2.75, 3.05) is 5.32 Å². The largest absolute Gasteiger partial charge is 0.481 e. The van der Waals surface area contributed by atoms with Crippen molar-refractivity contribution in [2.24, 2.45) is 17.8 Å². The lowest BCUT2D eigenvalue weighted by atomic mass is 9.61. The first-order valence-electron chi connectivity index (χ1n) is 12.3. The Labute approximate surface area is 211 Å². The molecule has 0 radical (unpaired) electrons. The predicted octanol–water partition coefficient (Wildman–Crippen LogP) is 5.74. The fourth-order valence-corrected chi connectivity index (χ4v) is 6.11. The molecule has 186 valence electrons. The molecule has 3 saturated carbocycles. The van der Waals surface area contributed by atoms with Gasteiger partial charge in [0.1, 0.15) is 17.5 Å². The smallest absolute Gasteiger partial charge is 0.308 e. The van der Waals surface area contributed by atoms with E-state index >= 15 is 0 Å². The minimum atomic E-state index is -0.821. The third kappa shape index (κ3) is 3.99. The van der Waals surface area contributed by atoms with E-state index in [2.05, 4.69) is 26.3 Å². The van der Waals surface area contributed by atoms with Crippen LogP contribution in [0.25, 0.3) is 33.5 Å². The number of anilines is 1. The first kappa shape index (κ1) is 23.1. The summed E-state index contributed by atoms with van der Waals surface area (Å²) in [5.41, 5.74) is 1.97. The Hall–Kier alpha value is -4.32. The highest BCUT2D eigenvalue weighted by atomic mass is 19.1. The van der Waals surface area contributed by atoms with Gasteiger partial charge in [0.25, 0.3) is 0 Å². The van der Waals surface area contributed by atoms with E-state index in [9.17, 15) is 23.9 Å². The Morgan fingerprint density at radius 3 is 2.57 bits per heavy atom. The zero-order valence-electron chi connectivity index (χ0n) is 19.7. The van der Waals surface area contributed by atoms with E-state index in [-0.39, 0.29) is 34.6 Å². The maximum atomic E-state index is 14.4. The number of aromatic nitrogens is 3. The van der Waals surface area contributed by atoms with Crippen LogP contribution >= 0.6 is 0 Å². The summed E-state index contributed by atoms with van der Waals surface area (Å²) >= 11 is 0. The van der Waals surface area contributed by atoms with Gasteiger partial charge in [-0.2, -0.15) is 5.26 Å². The molecule has 2 aromatic heterocycles. The number of aromatic amines is 1. The number of carbonyl (C=O) groups is 1. The van der Waals surface area contributed by atoms with E-state index in [1.807, 2.05) is 0 Å². The van der Waals surface area contributed by atoms with Crippen molar-refractivity contribution in [3.8, 4) is 28.7 Å². The van der Waals surface area contributed by atoms with Crippen LogP contribution in [0.3, 0.4) is 0 Å². The molecule has 9 heteroatoms. The van der Waals surface area contributed by atoms with Crippen LogP contribution in [-0.2, 0) is 4.79 Å². The number of benzene rings is 2. The maximum Gasteiger partial charge on any atom is 0.308 e. The number of nitriles is 1. The van der Waals surface area contributed by atoms with Gasteiger partial charge in [-0.1, -0.05) is 18.2 Å². The van der Waals surface area contributed by atoms with Crippen molar-refractivity contribution < 1.29 is 18.7 Å². The molecule has 7 nitrogen and oxygen atoms in total. The van der Waals surface area contributed by atoms with Crippen LogP contribution in [0, 0.1) is 40.7 Å². The van der Waals surface area contributed by atoms with Crippen LogP contribution in [0.4, 0.5) is 14.6 Å². The Bertz CT molecular complexity index is 1570. The highest BCUT2D eigenvalue weighted by Crippen LogP contribution is 2.46. The van der Waals surface area contributed by atoms with Crippen LogP contribution in [-0.4, -0.2) is 32.1 Å². The fourth-order valence-electron chi connectivity index (χ4n) is 6.11. The molecule has 0 aliphatic heterocycles. The summed E-state index contributed by atoms with van der Waals surface area (Å²) in [7, 11) is 0. The van der Waals surface area contributed by atoms with Gasteiger partial charge in [0, 0.05) is 40.9 Å². The molecule has 4 aromatic rings. The number of nitrogens with zero attached hydrogens (tertiary/aromatic N) is 3. The molecule has 7 rings (SSSR count). The quantitative estimate of drug-likeness (QED) is 0.322. The molecule has 2 aromatic carbocycles. The summed E-state index contributed by atoms with van der Waals surface area (Å²) in [6, 6.07) is 12.6. The van der Waals surface area contributed by atoms with Gasteiger partial charge in [-0.05, 0) is 49.7 Å².